The first-order chi connectivity index (χ1) is 6.86. The van der Waals surface area contributed by atoms with Crippen LogP contribution in [0.1, 0.15) is 11.6 Å². The predicted molar refractivity (Wildman–Crippen MR) is 51.9 cm³/mol. The molecule has 2 saturated heterocycles. The molecule has 2 aliphatic heterocycles. The lowest BCUT2D eigenvalue weighted by Gasteiger charge is -2.41. The van der Waals surface area contributed by atoms with Crippen molar-refractivity contribution >= 4 is 0 Å². The number of hydrogen-bond donors (Lipinski definition) is 2. The molecule has 2 heterocycles. The molecule has 1 aromatic rings. The van der Waals surface area contributed by atoms with Crippen molar-refractivity contribution < 1.29 is 9.84 Å². The largest absolute Gasteiger partial charge is 0.389 e. The molecule has 4 atom stereocenters. The van der Waals surface area contributed by atoms with Gasteiger partial charge in [0.25, 0.3) is 0 Å². The van der Waals surface area contributed by atoms with Gasteiger partial charge in [0, 0.05) is 0 Å². The Balaban J connectivity index is 1.79. The molecule has 2 fully saturated rings. The number of nitrogens with one attached hydrogen (secondary N) is 1. The van der Waals surface area contributed by atoms with Crippen molar-refractivity contribution in [2.45, 2.75) is 24.3 Å². The van der Waals surface area contributed by atoms with Crippen molar-refractivity contribution in [1.82, 2.24) is 5.32 Å². The van der Waals surface area contributed by atoms with Crippen molar-refractivity contribution in [3.05, 3.63) is 35.9 Å². The second-order valence-electron chi connectivity index (χ2n) is 3.95. The highest BCUT2D eigenvalue weighted by Gasteiger charge is 2.50. The van der Waals surface area contributed by atoms with Crippen molar-refractivity contribution in [1.29, 1.82) is 0 Å². The van der Waals surface area contributed by atoms with Gasteiger partial charge in [-0.3, -0.25) is 5.32 Å². The average Bonchev–Trinajstić information content (AvgIpc) is 2.44. The summed E-state index contributed by atoms with van der Waals surface area (Å²) in [6, 6.07) is 10.6. The zero-order valence-electron chi connectivity index (χ0n) is 7.76. The summed E-state index contributed by atoms with van der Waals surface area (Å²) in [5.74, 6) is 0. The van der Waals surface area contributed by atoms with Gasteiger partial charge in [-0.25, -0.2) is 0 Å². The van der Waals surface area contributed by atoms with Crippen molar-refractivity contribution in [3.63, 3.8) is 0 Å². The fourth-order valence-electron chi connectivity index (χ4n) is 2.28. The molecule has 3 nitrogen and oxygen atoms in total. The third kappa shape index (κ3) is 1.10. The molecule has 0 amide bonds. The Labute approximate surface area is 82.7 Å². The summed E-state index contributed by atoms with van der Waals surface area (Å²) in [5.41, 5.74) is 1.24. The van der Waals surface area contributed by atoms with Gasteiger partial charge in [-0.15, -0.1) is 0 Å². The summed E-state index contributed by atoms with van der Waals surface area (Å²) in [7, 11) is 0. The summed E-state index contributed by atoms with van der Waals surface area (Å²) in [6.07, 6.45) is -0.174. The zero-order valence-corrected chi connectivity index (χ0v) is 7.76. The van der Waals surface area contributed by atoms with E-state index in [9.17, 15) is 5.11 Å². The van der Waals surface area contributed by atoms with Gasteiger partial charge in [-0.1, -0.05) is 30.3 Å². The van der Waals surface area contributed by atoms with Crippen LogP contribution >= 0.6 is 0 Å². The minimum absolute atomic E-state index is 0.139. The standard InChI is InChI=1S/C11H13NO2/c13-8-6-14-11-9(12-10(8)11)7-4-2-1-3-5-7/h1-5,8-13H,6H2/t8-,9+,10?,11?/m0/s1. The number of rotatable bonds is 1. The highest BCUT2D eigenvalue weighted by atomic mass is 16.5. The average molecular weight is 191 g/mol. The lowest BCUT2D eigenvalue weighted by Crippen LogP contribution is -2.60. The molecular weight excluding hydrogens is 178 g/mol. The molecule has 0 aromatic heterocycles. The van der Waals surface area contributed by atoms with Crippen molar-refractivity contribution in [2.24, 2.45) is 0 Å². The maximum Gasteiger partial charge on any atom is 0.0952 e. The molecule has 0 spiro atoms. The van der Waals surface area contributed by atoms with Gasteiger partial charge < -0.3 is 9.84 Å². The second kappa shape index (κ2) is 3.05. The summed E-state index contributed by atoms with van der Waals surface area (Å²) < 4.78 is 5.52. The van der Waals surface area contributed by atoms with E-state index >= 15 is 0 Å². The molecule has 2 aliphatic rings. The number of aliphatic hydroxyl groups is 1. The number of aliphatic hydroxyl groups excluding tert-OH is 1. The van der Waals surface area contributed by atoms with Gasteiger partial charge in [0.1, 0.15) is 0 Å². The van der Waals surface area contributed by atoms with Crippen LogP contribution in [0.4, 0.5) is 0 Å². The maximum atomic E-state index is 9.50. The van der Waals surface area contributed by atoms with E-state index in [1.165, 1.54) is 5.56 Å². The molecule has 0 aliphatic carbocycles. The third-order valence-electron chi connectivity index (χ3n) is 3.09. The maximum absolute atomic E-state index is 9.50. The van der Waals surface area contributed by atoms with E-state index in [1.54, 1.807) is 0 Å². The first-order valence-corrected chi connectivity index (χ1v) is 4.97. The fraction of sp³-hybridized carbons (Fsp3) is 0.455. The molecule has 1 aromatic carbocycles. The first-order valence-electron chi connectivity index (χ1n) is 4.97. The number of ether oxygens (including phenoxy) is 1. The Hall–Kier alpha value is -0.900. The number of benzene rings is 1. The molecular formula is C11H13NO2. The minimum Gasteiger partial charge on any atom is -0.389 e. The van der Waals surface area contributed by atoms with Crippen LogP contribution in [0.25, 0.3) is 0 Å². The predicted octanol–water partition coefficient (Wildman–Crippen LogP) is 0.459. The summed E-state index contributed by atoms with van der Waals surface area (Å²) in [5, 5.41) is 12.8. The van der Waals surface area contributed by atoms with Crippen LogP contribution in [0.2, 0.25) is 0 Å². The third-order valence-corrected chi connectivity index (χ3v) is 3.09. The number of fused-ring (bicyclic) bond motifs is 1. The Kier molecular flexibility index (Phi) is 1.83. The molecule has 2 unspecified atom stereocenters. The van der Waals surface area contributed by atoms with Crippen LogP contribution < -0.4 is 5.32 Å². The molecule has 2 N–H and O–H groups in total. The monoisotopic (exact) mass is 191 g/mol. The zero-order chi connectivity index (χ0) is 9.54. The SMILES string of the molecule is O[C@H]1COC2C1N[C@@H]2c1ccccc1. The highest BCUT2D eigenvalue weighted by molar-refractivity contribution is 5.26. The number of hydrogen-bond acceptors (Lipinski definition) is 3. The first kappa shape index (κ1) is 8.41. The Bertz CT molecular complexity index is 327. The van der Waals surface area contributed by atoms with E-state index in [0.29, 0.717) is 6.61 Å². The quantitative estimate of drug-likeness (QED) is 0.677. The van der Waals surface area contributed by atoms with Crippen LogP contribution in [-0.2, 0) is 4.74 Å². The summed E-state index contributed by atoms with van der Waals surface area (Å²) >= 11 is 0. The van der Waals surface area contributed by atoms with Gasteiger partial charge in [0.2, 0.25) is 0 Å². The molecule has 14 heavy (non-hydrogen) atoms. The lowest BCUT2D eigenvalue weighted by atomic mass is 9.86. The molecule has 0 radical (unpaired) electrons. The van der Waals surface area contributed by atoms with E-state index in [2.05, 4.69) is 17.4 Å². The highest BCUT2D eigenvalue weighted by Crippen LogP contribution is 2.36. The summed E-state index contributed by atoms with van der Waals surface area (Å²) in [4.78, 5) is 0. The Morgan fingerprint density at radius 3 is 2.79 bits per heavy atom. The summed E-state index contributed by atoms with van der Waals surface area (Å²) in [6.45, 7) is 0.464. The van der Waals surface area contributed by atoms with Crippen molar-refractivity contribution in [3.8, 4) is 0 Å². The van der Waals surface area contributed by atoms with Crippen LogP contribution in [-0.4, -0.2) is 30.0 Å². The minimum atomic E-state index is -0.333. The van der Waals surface area contributed by atoms with Gasteiger partial charge in [0.05, 0.1) is 30.9 Å². The normalized spacial score (nSPS) is 40.4. The molecule has 0 saturated carbocycles. The lowest BCUT2D eigenvalue weighted by molar-refractivity contribution is 0.0110. The van der Waals surface area contributed by atoms with E-state index < -0.39 is 0 Å². The van der Waals surface area contributed by atoms with E-state index in [1.807, 2.05) is 18.2 Å². The van der Waals surface area contributed by atoms with Gasteiger partial charge >= 0.3 is 0 Å². The van der Waals surface area contributed by atoms with Crippen molar-refractivity contribution in [2.75, 3.05) is 6.61 Å². The van der Waals surface area contributed by atoms with Crippen LogP contribution in [0.3, 0.4) is 0 Å². The second-order valence-corrected chi connectivity index (χ2v) is 3.95. The molecule has 74 valence electrons. The van der Waals surface area contributed by atoms with Gasteiger partial charge in [-0.05, 0) is 5.56 Å². The van der Waals surface area contributed by atoms with Gasteiger partial charge in [0.15, 0.2) is 0 Å². The molecule has 3 heteroatoms. The molecule has 0 bridgehead atoms. The van der Waals surface area contributed by atoms with E-state index in [-0.39, 0.29) is 24.3 Å². The topological polar surface area (TPSA) is 41.5 Å². The Morgan fingerprint density at radius 1 is 1.29 bits per heavy atom. The smallest absolute Gasteiger partial charge is 0.0952 e. The van der Waals surface area contributed by atoms with Crippen LogP contribution in [0.5, 0.6) is 0 Å². The van der Waals surface area contributed by atoms with E-state index in [4.69, 9.17) is 4.74 Å². The van der Waals surface area contributed by atoms with Crippen LogP contribution in [0, 0.1) is 0 Å². The van der Waals surface area contributed by atoms with Crippen LogP contribution in [0.15, 0.2) is 30.3 Å². The molecule has 3 rings (SSSR count). The van der Waals surface area contributed by atoms with E-state index in [0.717, 1.165) is 0 Å². The Morgan fingerprint density at radius 2 is 2.07 bits per heavy atom. The fourth-order valence-corrected chi connectivity index (χ4v) is 2.28. The van der Waals surface area contributed by atoms with Gasteiger partial charge in [-0.2, -0.15) is 0 Å².